The van der Waals surface area contributed by atoms with E-state index in [1.807, 2.05) is 17.0 Å². The van der Waals surface area contributed by atoms with Gasteiger partial charge in [0.2, 0.25) is 5.91 Å². The van der Waals surface area contributed by atoms with Gasteiger partial charge in [-0.05, 0) is 66.4 Å². The molecule has 0 bridgehead atoms. The smallest absolute Gasteiger partial charge is 0.261 e. The van der Waals surface area contributed by atoms with Crippen molar-refractivity contribution in [2.45, 2.75) is 36.6 Å². The van der Waals surface area contributed by atoms with E-state index < -0.39 is 10.0 Å². The molecule has 3 aromatic rings. The highest BCUT2D eigenvalue weighted by Crippen LogP contribution is 2.30. The van der Waals surface area contributed by atoms with Crippen LogP contribution in [-0.2, 0) is 14.8 Å². The van der Waals surface area contributed by atoms with Gasteiger partial charge in [-0.1, -0.05) is 48.7 Å². The van der Waals surface area contributed by atoms with Gasteiger partial charge in [-0.3, -0.25) is 14.5 Å². The van der Waals surface area contributed by atoms with Crippen LogP contribution in [0.15, 0.2) is 84.0 Å². The number of benzene rings is 2. The lowest BCUT2D eigenvalue weighted by Crippen LogP contribution is -2.33. The number of hydrogen-bond acceptors (Lipinski definition) is 4. The molecule has 1 aliphatic rings. The average Bonchev–Trinajstić information content (AvgIpc) is 3.11. The van der Waals surface area contributed by atoms with Crippen LogP contribution in [0.25, 0.3) is 6.08 Å². The number of aromatic nitrogens is 1. The van der Waals surface area contributed by atoms with Crippen LogP contribution in [0.5, 0.6) is 0 Å². The second kappa shape index (κ2) is 10.8. The summed E-state index contributed by atoms with van der Waals surface area (Å²) in [7, 11) is -3.78. The molecule has 1 unspecified atom stereocenters. The summed E-state index contributed by atoms with van der Waals surface area (Å²) < 4.78 is 27.9. The van der Waals surface area contributed by atoms with E-state index in [0.717, 1.165) is 36.8 Å². The van der Waals surface area contributed by atoms with E-state index in [2.05, 4.69) is 9.71 Å². The Morgan fingerprint density at radius 1 is 1.00 bits per heavy atom. The first kappa shape index (κ1) is 24.0. The monoisotopic (exact) mass is 495 g/mol. The third kappa shape index (κ3) is 5.85. The van der Waals surface area contributed by atoms with Crippen molar-refractivity contribution in [3.8, 4) is 0 Å². The Morgan fingerprint density at radius 3 is 2.47 bits per heavy atom. The van der Waals surface area contributed by atoms with Crippen LogP contribution < -0.4 is 4.72 Å². The van der Waals surface area contributed by atoms with Crippen molar-refractivity contribution in [3.63, 3.8) is 0 Å². The van der Waals surface area contributed by atoms with Crippen LogP contribution in [0.4, 0.5) is 5.69 Å². The molecule has 0 aliphatic carbocycles. The Bertz CT molecular complexity index is 1260. The number of carbonyl (C=O) groups is 1. The zero-order valence-corrected chi connectivity index (χ0v) is 20.2. The predicted octanol–water partition coefficient (Wildman–Crippen LogP) is 5.69. The van der Waals surface area contributed by atoms with E-state index in [0.29, 0.717) is 17.3 Å². The summed E-state index contributed by atoms with van der Waals surface area (Å²) in [6.07, 6.45) is 10.9. The van der Waals surface area contributed by atoms with E-state index in [1.54, 1.807) is 60.9 Å². The summed E-state index contributed by atoms with van der Waals surface area (Å²) in [4.78, 5) is 19.2. The van der Waals surface area contributed by atoms with Crippen molar-refractivity contribution in [1.82, 2.24) is 9.88 Å². The maximum absolute atomic E-state index is 13.1. The molecule has 1 aromatic heterocycles. The molecule has 1 N–H and O–H groups in total. The number of amides is 1. The Labute approximate surface area is 205 Å². The molecule has 0 saturated carbocycles. The number of nitrogens with one attached hydrogen (secondary N) is 1. The van der Waals surface area contributed by atoms with Crippen molar-refractivity contribution in [2.24, 2.45) is 0 Å². The van der Waals surface area contributed by atoms with Crippen LogP contribution >= 0.6 is 11.6 Å². The van der Waals surface area contributed by atoms with Crippen LogP contribution in [0.2, 0.25) is 5.02 Å². The molecule has 6 nitrogen and oxygen atoms in total. The van der Waals surface area contributed by atoms with Gasteiger partial charge in [0.15, 0.2) is 0 Å². The van der Waals surface area contributed by atoms with E-state index in [9.17, 15) is 13.2 Å². The number of sulfonamides is 1. The number of rotatable bonds is 6. The Balaban J connectivity index is 1.47. The van der Waals surface area contributed by atoms with Gasteiger partial charge in [0.25, 0.3) is 10.0 Å². The highest BCUT2D eigenvalue weighted by molar-refractivity contribution is 7.92. The van der Waals surface area contributed by atoms with Crippen LogP contribution in [-0.4, -0.2) is 30.8 Å². The minimum Gasteiger partial charge on any atom is -0.332 e. The first-order chi connectivity index (χ1) is 16.4. The lowest BCUT2D eigenvalue weighted by atomic mass is 10.0. The first-order valence-electron chi connectivity index (χ1n) is 11.2. The van der Waals surface area contributed by atoms with E-state index in [4.69, 9.17) is 11.6 Å². The standard InChI is InChI=1S/C26H26ClN3O3S/c27-23-6-3-4-7-24(23)29-34(32,33)22-12-9-20(10-13-22)11-14-26(31)30-19-5-1-2-8-25(30)21-15-17-28-18-16-21/h3-4,6-7,9-18,25,29H,1-2,5,8,19H2/b14-11+. The molecule has 1 fully saturated rings. The molecule has 34 heavy (non-hydrogen) atoms. The normalized spacial score (nSPS) is 16.9. The number of carbonyl (C=O) groups excluding carboxylic acids is 1. The number of pyridine rings is 1. The van der Waals surface area contributed by atoms with Crippen molar-refractivity contribution in [1.29, 1.82) is 0 Å². The summed E-state index contributed by atoms with van der Waals surface area (Å²) in [5.41, 5.74) is 2.15. The topological polar surface area (TPSA) is 79.4 Å². The van der Waals surface area contributed by atoms with Gasteiger partial charge in [-0.25, -0.2) is 8.42 Å². The van der Waals surface area contributed by atoms with Gasteiger partial charge in [-0.15, -0.1) is 0 Å². The van der Waals surface area contributed by atoms with E-state index in [-0.39, 0.29) is 16.8 Å². The molecule has 1 aliphatic heterocycles. The molecule has 1 amide bonds. The molecule has 1 saturated heterocycles. The Kier molecular flexibility index (Phi) is 7.65. The van der Waals surface area contributed by atoms with E-state index in [1.165, 1.54) is 12.1 Å². The van der Waals surface area contributed by atoms with Gasteiger partial charge in [0.1, 0.15) is 0 Å². The second-order valence-electron chi connectivity index (χ2n) is 8.17. The van der Waals surface area contributed by atoms with Gasteiger partial charge in [0.05, 0.1) is 21.6 Å². The maximum Gasteiger partial charge on any atom is 0.261 e. The molecule has 0 radical (unpaired) electrons. The Morgan fingerprint density at radius 2 is 1.74 bits per heavy atom. The maximum atomic E-state index is 13.1. The zero-order valence-electron chi connectivity index (χ0n) is 18.6. The summed E-state index contributed by atoms with van der Waals surface area (Å²) in [5.74, 6) is -0.0548. The van der Waals surface area contributed by atoms with Gasteiger partial charge in [-0.2, -0.15) is 0 Å². The van der Waals surface area contributed by atoms with Crippen LogP contribution in [0.1, 0.15) is 42.9 Å². The number of halogens is 1. The molecule has 4 rings (SSSR count). The predicted molar refractivity (Wildman–Crippen MR) is 135 cm³/mol. The average molecular weight is 496 g/mol. The summed E-state index contributed by atoms with van der Waals surface area (Å²) in [6, 6.07) is 17.0. The fourth-order valence-corrected chi connectivity index (χ4v) is 5.39. The van der Waals surface area contributed by atoms with Crippen molar-refractivity contribution in [2.75, 3.05) is 11.3 Å². The third-order valence-corrected chi connectivity index (χ3v) is 7.56. The second-order valence-corrected chi connectivity index (χ2v) is 10.3. The summed E-state index contributed by atoms with van der Waals surface area (Å²) in [6.45, 7) is 0.709. The third-order valence-electron chi connectivity index (χ3n) is 5.85. The molecule has 8 heteroatoms. The summed E-state index contributed by atoms with van der Waals surface area (Å²) in [5, 5.41) is 0.322. The molecule has 1 atom stereocenters. The fraction of sp³-hybridized carbons (Fsp3) is 0.231. The first-order valence-corrected chi connectivity index (χ1v) is 13.1. The SMILES string of the molecule is O=C(/C=C/c1ccc(S(=O)(=O)Nc2ccccc2Cl)cc1)N1CCCCCC1c1ccncc1. The molecule has 176 valence electrons. The molecular formula is C26H26ClN3O3S. The van der Waals surface area contributed by atoms with Crippen LogP contribution in [0, 0.1) is 0 Å². The van der Waals surface area contributed by atoms with Crippen LogP contribution in [0.3, 0.4) is 0 Å². The summed E-state index contributed by atoms with van der Waals surface area (Å²) >= 11 is 6.06. The molecule has 2 aromatic carbocycles. The molecular weight excluding hydrogens is 470 g/mol. The lowest BCUT2D eigenvalue weighted by Gasteiger charge is -2.29. The van der Waals surface area contributed by atoms with Gasteiger partial charge >= 0.3 is 0 Å². The molecule has 2 heterocycles. The van der Waals surface area contributed by atoms with Crippen molar-refractivity contribution in [3.05, 3.63) is 95.3 Å². The van der Waals surface area contributed by atoms with Gasteiger partial charge in [0, 0.05) is 25.0 Å². The number of nitrogens with zero attached hydrogens (tertiary/aromatic N) is 2. The van der Waals surface area contributed by atoms with Crippen molar-refractivity contribution >= 4 is 39.3 Å². The minimum absolute atomic E-state index is 0.0334. The highest BCUT2D eigenvalue weighted by atomic mass is 35.5. The van der Waals surface area contributed by atoms with E-state index >= 15 is 0 Å². The number of hydrogen-bond donors (Lipinski definition) is 1. The largest absolute Gasteiger partial charge is 0.332 e. The number of likely N-dealkylation sites (tertiary alicyclic amines) is 1. The Hall–Kier alpha value is -3.16. The lowest BCUT2D eigenvalue weighted by molar-refractivity contribution is -0.128. The number of anilines is 1. The quantitative estimate of drug-likeness (QED) is 0.445. The molecule has 0 spiro atoms. The fourth-order valence-electron chi connectivity index (χ4n) is 4.07. The van der Waals surface area contributed by atoms with Gasteiger partial charge < -0.3 is 4.90 Å². The zero-order chi connectivity index (χ0) is 24.0. The highest BCUT2D eigenvalue weighted by Gasteiger charge is 2.25. The minimum atomic E-state index is -3.78. The number of para-hydroxylation sites is 1. The van der Waals surface area contributed by atoms with Crippen molar-refractivity contribution < 1.29 is 13.2 Å².